The first-order valence-corrected chi connectivity index (χ1v) is 9.94. The van der Waals surface area contributed by atoms with Crippen molar-refractivity contribution in [3.05, 3.63) is 61.8 Å². The van der Waals surface area contributed by atoms with Gasteiger partial charge in [-0.25, -0.2) is 4.79 Å². The second-order valence-electron chi connectivity index (χ2n) is 7.75. The Kier molecular flexibility index (Phi) is 5.27. The number of amides is 1. The van der Waals surface area contributed by atoms with Crippen LogP contribution in [0.15, 0.2) is 33.9 Å². The summed E-state index contributed by atoms with van der Waals surface area (Å²) in [5.41, 5.74) is 0.617. The number of aromatic amines is 2. The van der Waals surface area contributed by atoms with Gasteiger partial charge in [-0.1, -0.05) is 18.6 Å². The second kappa shape index (κ2) is 7.87. The molecule has 154 valence electrons. The third-order valence-electron chi connectivity index (χ3n) is 5.94. The molecule has 1 aliphatic heterocycles. The fourth-order valence-corrected chi connectivity index (χ4v) is 4.57. The number of ether oxygens (including phenoxy) is 2. The molecule has 3 N–H and O–H groups in total. The molecule has 0 radical (unpaired) electrons. The number of nitrogens with one attached hydrogen (secondary N) is 3. The van der Waals surface area contributed by atoms with Crippen LogP contribution in [0.4, 0.5) is 0 Å². The van der Waals surface area contributed by atoms with Crippen LogP contribution in [0.3, 0.4) is 0 Å². The van der Waals surface area contributed by atoms with Crippen molar-refractivity contribution in [3.8, 4) is 5.88 Å². The van der Waals surface area contributed by atoms with Crippen molar-refractivity contribution in [2.24, 2.45) is 0 Å². The van der Waals surface area contributed by atoms with Crippen LogP contribution in [-0.4, -0.2) is 35.1 Å². The molecule has 2 atom stereocenters. The molecular weight excluding hydrogens is 374 g/mol. The molecular formula is C21H25N3O5. The quantitative estimate of drug-likeness (QED) is 0.686. The largest absolute Gasteiger partial charge is 0.471 e. The fourth-order valence-electron chi connectivity index (χ4n) is 4.57. The summed E-state index contributed by atoms with van der Waals surface area (Å²) in [6, 6.07) is 7.29. The van der Waals surface area contributed by atoms with Gasteiger partial charge in [0.15, 0.2) is 0 Å². The van der Waals surface area contributed by atoms with Gasteiger partial charge in [0.25, 0.3) is 11.5 Å². The number of hydrogen-bond donors (Lipinski definition) is 3. The van der Waals surface area contributed by atoms with Gasteiger partial charge in [-0.2, -0.15) is 0 Å². The van der Waals surface area contributed by atoms with E-state index in [1.54, 1.807) is 19.2 Å². The topological polar surface area (TPSA) is 113 Å². The molecule has 0 spiro atoms. The normalized spacial score (nSPS) is 22.4. The summed E-state index contributed by atoms with van der Waals surface area (Å²) in [7, 11) is 1.63. The lowest BCUT2D eigenvalue weighted by Crippen LogP contribution is -2.44. The van der Waals surface area contributed by atoms with Gasteiger partial charge in [0.2, 0.25) is 5.88 Å². The maximum absolute atomic E-state index is 12.5. The summed E-state index contributed by atoms with van der Waals surface area (Å²) in [5.74, 6) is 0.0577. The first-order valence-electron chi connectivity index (χ1n) is 9.94. The number of H-pyrrole nitrogens is 2. The van der Waals surface area contributed by atoms with Crippen molar-refractivity contribution in [2.45, 2.75) is 50.2 Å². The average molecular weight is 399 g/mol. The van der Waals surface area contributed by atoms with Gasteiger partial charge < -0.3 is 14.8 Å². The van der Waals surface area contributed by atoms with E-state index in [0.29, 0.717) is 30.7 Å². The Hall–Kier alpha value is -2.87. The number of benzene rings is 1. The zero-order valence-electron chi connectivity index (χ0n) is 16.4. The molecule has 1 fully saturated rings. The highest BCUT2D eigenvalue weighted by Crippen LogP contribution is 2.51. The Labute approximate surface area is 167 Å². The monoisotopic (exact) mass is 399 g/mol. The number of rotatable bonds is 6. The van der Waals surface area contributed by atoms with Crippen LogP contribution in [0.25, 0.3) is 0 Å². The number of carbonyl (C=O) groups excluding carboxylic acids is 1. The van der Waals surface area contributed by atoms with Gasteiger partial charge in [0, 0.05) is 31.6 Å². The van der Waals surface area contributed by atoms with E-state index in [9.17, 15) is 14.4 Å². The number of fused-ring (bicyclic) bond motifs is 3. The van der Waals surface area contributed by atoms with E-state index in [4.69, 9.17) is 9.47 Å². The van der Waals surface area contributed by atoms with E-state index in [1.807, 2.05) is 12.1 Å². The molecule has 0 saturated heterocycles. The Morgan fingerprint density at radius 2 is 2.03 bits per heavy atom. The summed E-state index contributed by atoms with van der Waals surface area (Å²) in [6.45, 7) is 0.927. The average Bonchev–Trinajstić information content (AvgIpc) is 3.02. The zero-order valence-corrected chi connectivity index (χ0v) is 16.4. The molecule has 8 nitrogen and oxygen atoms in total. The lowest BCUT2D eigenvalue weighted by atomic mass is 9.72. The lowest BCUT2D eigenvalue weighted by molar-refractivity contribution is 0.0245. The minimum Gasteiger partial charge on any atom is -0.471 e. The highest BCUT2D eigenvalue weighted by Gasteiger charge is 2.51. The van der Waals surface area contributed by atoms with Gasteiger partial charge in [0.05, 0.1) is 12.2 Å². The van der Waals surface area contributed by atoms with Crippen molar-refractivity contribution in [1.82, 2.24) is 15.3 Å². The molecule has 2 heterocycles. The first-order chi connectivity index (χ1) is 14.0. The summed E-state index contributed by atoms with van der Waals surface area (Å²) in [6.07, 6.45) is 4.18. The fraction of sp³-hybridized carbons (Fsp3) is 0.476. The van der Waals surface area contributed by atoms with Gasteiger partial charge in [-0.3, -0.25) is 19.6 Å². The Morgan fingerprint density at radius 3 is 2.79 bits per heavy atom. The maximum Gasteiger partial charge on any atom is 0.328 e. The molecule has 4 rings (SSSR count). The second-order valence-corrected chi connectivity index (χ2v) is 7.75. The van der Waals surface area contributed by atoms with E-state index >= 15 is 0 Å². The van der Waals surface area contributed by atoms with Crippen LogP contribution < -0.4 is 21.3 Å². The van der Waals surface area contributed by atoms with E-state index in [1.165, 1.54) is 0 Å². The number of aromatic nitrogens is 2. The first kappa shape index (κ1) is 19.4. The van der Waals surface area contributed by atoms with Crippen molar-refractivity contribution < 1.29 is 14.3 Å². The van der Waals surface area contributed by atoms with Crippen molar-refractivity contribution in [2.75, 3.05) is 13.7 Å². The third kappa shape index (κ3) is 3.72. The van der Waals surface area contributed by atoms with Crippen LogP contribution in [0, 0.1) is 0 Å². The van der Waals surface area contributed by atoms with Crippen LogP contribution >= 0.6 is 0 Å². The lowest BCUT2D eigenvalue weighted by Gasteiger charge is -2.38. The smallest absolute Gasteiger partial charge is 0.328 e. The number of hydrogen-bond acceptors (Lipinski definition) is 5. The van der Waals surface area contributed by atoms with Crippen LogP contribution in [0.2, 0.25) is 0 Å². The molecule has 0 unspecified atom stereocenters. The molecule has 29 heavy (non-hydrogen) atoms. The van der Waals surface area contributed by atoms with Crippen LogP contribution in [-0.2, 0) is 11.3 Å². The highest BCUT2D eigenvalue weighted by molar-refractivity contribution is 5.94. The molecule has 1 aliphatic carbocycles. The number of carbonyl (C=O) groups is 1. The standard InChI is InChI=1S/C21H25N3O5/c1-28-12-13-5-7-14(8-6-13)17(25)22-11-10-21-9-3-2-4-15(21)16-18(26)23-20(27)24-19(16)29-21/h5-8,15H,2-4,9-12H2,1H3,(H,22,25)(H2,23,24,26,27)/t15-,21+/m1/s1. The molecule has 2 aliphatic rings. The van der Waals surface area contributed by atoms with E-state index in [-0.39, 0.29) is 23.3 Å². The molecule has 1 aromatic heterocycles. The summed E-state index contributed by atoms with van der Waals surface area (Å²) < 4.78 is 11.2. The zero-order chi connectivity index (χ0) is 20.4. The maximum atomic E-state index is 12.5. The molecule has 0 bridgehead atoms. The predicted molar refractivity (Wildman–Crippen MR) is 106 cm³/mol. The van der Waals surface area contributed by atoms with Crippen molar-refractivity contribution >= 4 is 5.91 Å². The molecule has 2 aromatic rings. The van der Waals surface area contributed by atoms with Gasteiger partial charge >= 0.3 is 5.69 Å². The Morgan fingerprint density at radius 1 is 1.24 bits per heavy atom. The summed E-state index contributed by atoms with van der Waals surface area (Å²) in [4.78, 5) is 41.4. The molecule has 1 amide bonds. The minimum absolute atomic E-state index is 0.0721. The third-order valence-corrected chi connectivity index (χ3v) is 5.94. The van der Waals surface area contributed by atoms with Crippen molar-refractivity contribution in [3.63, 3.8) is 0 Å². The molecule has 1 aromatic carbocycles. The van der Waals surface area contributed by atoms with Gasteiger partial charge in [-0.05, 0) is 37.0 Å². The van der Waals surface area contributed by atoms with Crippen LogP contribution in [0.5, 0.6) is 5.88 Å². The molecule has 8 heteroatoms. The number of methoxy groups -OCH3 is 1. The summed E-state index contributed by atoms with van der Waals surface area (Å²) >= 11 is 0. The Balaban J connectivity index is 1.44. The van der Waals surface area contributed by atoms with E-state index in [2.05, 4.69) is 15.3 Å². The minimum atomic E-state index is -0.562. The van der Waals surface area contributed by atoms with E-state index < -0.39 is 11.3 Å². The van der Waals surface area contributed by atoms with Gasteiger partial charge in [-0.15, -0.1) is 0 Å². The van der Waals surface area contributed by atoms with E-state index in [0.717, 1.165) is 31.2 Å². The SMILES string of the molecule is COCc1ccc(C(=O)NCC[C@@]23CCCC[C@@H]2c2c([nH]c(=O)[nH]c2=O)O3)cc1. The molecule has 1 saturated carbocycles. The Bertz CT molecular complexity index is 1010. The predicted octanol–water partition coefficient (Wildman–Crippen LogP) is 1.82. The van der Waals surface area contributed by atoms with Gasteiger partial charge in [0.1, 0.15) is 5.60 Å². The summed E-state index contributed by atoms with van der Waals surface area (Å²) in [5, 5.41) is 2.95. The van der Waals surface area contributed by atoms with Crippen LogP contribution in [0.1, 0.15) is 59.5 Å². The highest BCUT2D eigenvalue weighted by atomic mass is 16.5. The van der Waals surface area contributed by atoms with Crippen molar-refractivity contribution in [1.29, 1.82) is 0 Å².